The molecule has 6 nitrogen and oxygen atoms in total. The molecule has 0 aliphatic heterocycles. The Morgan fingerprint density at radius 3 is 2.50 bits per heavy atom. The van der Waals surface area contributed by atoms with E-state index < -0.39 is 4.92 Å². The Labute approximate surface area is 141 Å². The van der Waals surface area contributed by atoms with Crippen LogP contribution >= 0.6 is 0 Å². The van der Waals surface area contributed by atoms with Gasteiger partial charge in [-0.25, -0.2) is 0 Å². The third kappa shape index (κ3) is 4.32. The molecule has 2 aromatic carbocycles. The predicted octanol–water partition coefficient (Wildman–Crippen LogP) is 4.08. The molecule has 0 saturated carbocycles. The number of carbonyl (C=O) groups is 1. The number of nitrogens with one attached hydrogen (secondary N) is 2. The lowest BCUT2D eigenvalue weighted by atomic mass is 10.0. The number of benzene rings is 2. The molecule has 6 heteroatoms. The van der Waals surface area contributed by atoms with Gasteiger partial charge in [0.1, 0.15) is 0 Å². The van der Waals surface area contributed by atoms with E-state index in [9.17, 15) is 14.9 Å². The van der Waals surface area contributed by atoms with Gasteiger partial charge in [0.2, 0.25) is 5.91 Å². The van der Waals surface area contributed by atoms with E-state index in [0.29, 0.717) is 17.2 Å². The summed E-state index contributed by atoms with van der Waals surface area (Å²) < 4.78 is 0. The fourth-order valence-electron chi connectivity index (χ4n) is 2.43. The molecule has 0 bridgehead atoms. The minimum absolute atomic E-state index is 0.00878. The molecule has 0 aliphatic rings. The number of nitrogens with zero attached hydrogens (tertiary/aromatic N) is 1. The SMILES string of the molecule is Cc1cc([N+](=O)[O-])ccc1NC(=O)CNc1ccccc1C(C)C. The Kier molecular flexibility index (Phi) is 5.52. The number of amides is 1. The van der Waals surface area contributed by atoms with Crippen molar-refractivity contribution in [3.8, 4) is 0 Å². The molecule has 0 spiro atoms. The molecule has 0 aromatic heterocycles. The maximum absolute atomic E-state index is 12.1. The number of rotatable bonds is 6. The van der Waals surface area contributed by atoms with E-state index >= 15 is 0 Å². The van der Waals surface area contributed by atoms with Gasteiger partial charge in [-0.15, -0.1) is 0 Å². The number of carbonyl (C=O) groups excluding carboxylic acids is 1. The average molecular weight is 327 g/mol. The summed E-state index contributed by atoms with van der Waals surface area (Å²) in [5.41, 5.74) is 3.32. The fourth-order valence-corrected chi connectivity index (χ4v) is 2.43. The molecule has 126 valence electrons. The van der Waals surface area contributed by atoms with Gasteiger partial charge in [-0.2, -0.15) is 0 Å². The molecule has 0 unspecified atom stereocenters. The van der Waals surface area contributed by atoms with Crippen molar-refractivity contribution >= 4 is 23.0 Å². The monoisotopic (exact) mass is 327 g/mol. The van der Waals surface area contributed by atoms with E-state index in [2.05, 4.69) is 24.5 Å². The molecule has 24 heavy (non-hydrogen) atoms. The summed E-state index contributed by atoms with van der Waals surface area (Å²) in [5.74, 6) is 0.152. The zero-order valence-electron chi connectivity index (χ0n) is 14.0. The summed E-state index contributed by atoms with van der Waals surface area (Å²) in [6.07, 6.45) is 0. The van der Waals surface area contributed by atoms with Crippen molar-refractivity contribution < 1.29 is 9.72 Å². The zero-order chi connectivity index (χ0) is 17.7. The first-order chi connectivity index (χ1) is 11.4. The van der Waals surface area contributed by atoms with Crippen molar-refractivity contribution in [1.82, 2.24) is 0 Å². The van der Waals surface area contributed by atoms with E-state index in [1.54, 1.807) is 13.0 Å². The zero-order valence-corrected chi connectivity index (χ0v) is 14.0. The van der Waals surface area contributed by atoms with Gasteiger partial charge < -0.3 is 10.6 Å². The van der Waals surface area contributed by atoms with Crippen molar-refractivity contribution in [3.63, 3.8) is 0 Å². The smallest absolute Gasteiger partial charge is 0.269 e. The summed E-state index contributed by atoms with van der Waals surface area (Å²) in [7, 11) is 0. The lowest BCUT2D eigenvalue weighted by molar-refractivity contribution is -0.384. The van der Waals surface area contributed by atoms with Crippen LogP contribution in [0.2, 0.25) is 0 Å². The van der Waals surface area contributed by atoms with Crippen LogP contribution in [0.5, 0.6) is 0 Å². The second-order valence-electron chi connectivity index (χ2n) is 5.90. The first-order valence-corrected chi connectivity index (χ1v) is 7.76. The molecule has 0 radical (unpaired) electrons. The highest BCUT2D eigenvalue weighted by molar-refractivity contribution is 5.94. The van der Waals surface area contributed by atoms with Gasteiger partial charge in [-0.1, -0.05) is 32.0 Å². The molecule has 1 amide bonds. The lowest BCUT2D eigenvalue weighted by Gasteiger charge is -2.15. The number of aryl methyl sites for hydroxylation is 1. The molecular weight excluding hydrogens is 306 g/mol. The minimum Gasteiger partial charge on any atom is -0.376 e. The Hall–Kier alpha value is -2.89. The van der Waals surface area contributed by atoms with Gasteiger partial charge in [-0.05, 0) is 36.1 Å². The molecular formula is C18H21N3O3. The maximum Gasteiger partial charge on any atom is 0.269 e. The number of anilines is 2. The Balaban J connectivity index is 2.01. The van der Waals surface area contributed by atoms with Gasteiger partial charge in [0.15, 0.2) is 0 Å². The van der Waals surface area contributed by atoms with Crippen molar-refractivity contribution in [2.75, 3.05) is 17.2 Å². The minimum atomic E-state index is -0.455. The van der Waals surface area contributed by atoms with Crippen LogP contribution in [0.3, 0.4) is 0 Å². The Morgan fingerprint density at radius 1 is 1.17 bits per heavy atom. The molecule has 2 N–H and O–H groups in total. The third-order valence-corrected chi connectivity index (χ3v) is 3.72. The number of hydrogen-bond acceptors (Lipinski definition) is 4. The predicted molar refractivity (Wildman–Crippen MR) is 95.5 cm³/mol. The number of para-hydroxylation sites is 1. The molecule has 0 atom stereocenters. The van der Waals surface area contributed by atoms with E-state index in [1.165, 1.54) is 12.1 Å². The van der Waals surface area contributed by atoms with Crippen LogP contribution in [0.4, 0.5) is 17.1 Å². The number of hydrogen-bond donors (Lipinski definition) is 2. The van der Waals surface area contributed by atoms with Crippen LogP contribution in [-0.2, 0) is 4.79 Å². The number of nitro groups is 1. The topological polar surface area (TPSA) is 84.3 Å². The fraction of sp³-hybridized carbons (Fsp3) is 0.278. The Bertz CT molecular complexity index is 757. The largest absolute Gasteiger partial charge is 0.376 e. The molecule has 2 rings (SSSR count). The van der Waals surface area contributed by atoms with Crippen molar-refractivity contribution in [1.29, 1.82) is 0 Å². The highest BCUT2D eigenvalue weighted by atomic mass is 16.6. The van der Waals surface area contributed by atoms with Crippen LogP contribution in [0.25, 0.3) is 0 Å². The van der Waals surface area contributed by atoms with Gasteiger partial charge in [0.05, 0.1) is 11.5 Å². The Morgan fingerprint density at radius 2 is 1.88 bits per heavy atom. The summed E-state index contributed by atoms with van der Waals surface area (Å²) in [6, 6.07) is 12.2. The summed E-state index contributed by atoms with van der Waals surface area (Å²) >= 11 is 0. The molecule has 0 aliphatic carbocycles. The van der Waals surface area contributed by atoms with E-state index in [0.717, 1.165) is 11.3 Å². The van der Waals surface area contributed by atoms with Gasteiger partial charge >= 0.3 is 0 Å². The summed E-state index contributed by atoms with van der Waals surface area (Å²) in [6.45, 7) is 6.05. The lowest BCUT2D eigenvalue weighted by Crippen LogP contribution is -2.22. The second kappa shape index (κ2) is 7.59. The first kappa shape index (κ1) is 17.5. The average Bonchev–Trinajstić information content (AvgIpc) is 2.54. The molecule has 0 saturated heterocycles. The first-order valence-electron chi connectivity index (χ1n) is 7.76. The van der Waals surface area contributed by atoms with Crippen LogP contribution in [-0.4, -0.2) is 17.4 Å². The standard InChI is InChI=1S/C18H21N3O3/c1-12(2)15-6-4-5-7-17(15)19-11-18(22)20-16-9-8-14(21(23)24)10-13(16)3/h4-10,12,19H,11H2,1-3H3,(H,20,22). The van der Waals surface area contributed by atoms with Crippen LogP contribution in [0.15, 0.2) is 42.5 Å². The van der Waals surface area contributed by atoms with Crippen LogP contribution in [0, 0.1) is 17.0 Å². The molecule has 0 heterocycles. The van der Waals surface area contributed by atoms with Crippen LogP contribution < -0.4 is 10.6 Å². The summed E-state index contributed by atoms with van der Waals surface area (Å²) in [4.78, 5) is 22.4. The van der Waals surface area contributed by atoms with Gasteiger partial charge in [0.25, 0.3) is 5.69 Å². The van der Waals surface area contributed by atoms with Crippen molar-refractivity contribution in [2.45, 2.75) is 26.7 Å². The van der Waals surface area contributed by atoms with Crippen LogP contribution in [0.1, 0.15) is 30.9 Å². The normalized spacial score (nSPS) is 10.5. The molecule has 2 aromatic rings. The maximum atomic E-state index is 12.1. The summed E-state index contributed by atoms with van der Waals surface area (Å²) in [5, 5.41) is 16.7. The highest BCUT2D eigenvalue weighted by Gasteiger charge is 2.11. The quantitative estimate of drug-likeness (QED) is 0.618. The second-order valence-corrected chi connectivity index (χ2v) is 5.90. The van der Waals surface area contributed by atoms with E-state index in [-0.39, 0.29) is 18.1 Å². The number of nitro benzene ring substituents is 1. The van der Waals surface area contributed by atoms with Gasteiger partial charge in [-0.3, -0.25) is 14.9 Å². The van der Waals surface area contributed by atoms with Gasteiger partial charge in [0, 0.05) is 23.5 Å². The van der Waals surface area contributed by atoms with E-state index in [4.69, 9.17) is 0 Å². The number of non-ortho nitro benzene ring substituents is 1. The van der Waals surface area contributed by atoms with E-state index in [1.807, 2.05) is 24.3 Å². The molecule has 0 fully saturated rings. The third-order valence-electron chi connectivity index (χ3n) is 3.72. The van der Waals surface area contributed by atoms with Crippen molar-refractivity contribution in [2.24, 2.45) is 0 Å². The highest BCUT2D eigenvalue weighted by Crippen LogP contribution is 2.24. The van der Waals surface area contributed by atoms with Crippen molar-refractivity contribution in [3.05, 3.63) is 63.7 Å².